The van der Waals surface area contributed by atoms with Crippen molar-refractivity contribution in [1.82, 2.24) is 9.80 Å². The number of benzene rings is 3. The minimum Gasteiger partial charge on any atom is -0.497 e. The van der Waals surface area contributed by atoms with E-state index in [4.69, 9.17) is 4.74 Å². The van der Waals surface area contributed by atoms with Crippen molar-refractivity contribution in [3.8, 4) is 5.75 Å². The summed E-state index contributed by atoms with van der Waals surface area (Å²) in [5, 5.41) is 2.90. The fraction of sp³-hybridized carbons (Fsp3) is 0.323. The Kier molecular flexibility index (Phi) is 9.20. The van der Waals surface area contributed by atoms with E-state index < -0.39 is 0 Å². The minimum atomic E-state index is -0.254. The Labute approximate surface area is 230 Å². The van der Waals surface area contributed by atoms with E-state index in [-0.39, 0.29) is 24.3 Å². The largest absolute Gasteiger partial charge is 0.497 e. The van der Waals surface area contributed by atoms with Gasteiger partial charge >= 0.3 is 0 Å². The van der Waals surface area contributed by atoms with Crippen LogP contribution in [0.2, 0.25) is 0 Å². The highest BCUT2D eigenvalue weighted by Crippen LogP contribution is 2.21. The molecule has 1 saturated heterocycles. The van der Waals surface area contributed by atoms with Crippen LogP contribution in [0.5, 0.6) is 5.75 Å². The normalized spacial score (nSPS) is 13.1. The molecule has 0 unspecified atom stereocenters. The summed E-state index contributed by atoms with van der Waals surface area (Å²) in [6, 6.07) is 22.3. The Morgan fingerprint density at radius 2 is 1.59 bits per heavy atom. The zero-order valence-electron chi connectivity index (χ0n) is 22.9. The summed E-state index contributed by atoms with van der Waals surface area (Å²) >= 11 is 0. The van der Waals surface area contributed by atoms with Gasteiger partial charge in [-0.25, -0.2) is 0 Å². The number of methoxy groups -OCH3 is 1. The van der Waals surface area contributed by atoms with E-state index in [0.717, 1.165) is 36.3 Å². The SMILES string of the molecule is CCCN(CC(=O)Nc1ccc(N2CCN(C(=O)c3ccc(C)cc3)CC2)cc1)C(=O)c1cccc(OC)c1. The molecule has 0 atom stereocenters. The van der Waals surface area contributed by atoms with E-state index in [1.165, 1.54) is 0 Å². The predicted octanol–water partition coefficient (Wildman–Crippen LogP) is 4.46. The smallest absolute Gasteiger partial charge is 0.254 e. The topological polar surface area (TPSA) is 82.2 Å². The Hall–Kier alpha value is -4.33. The zero-order chi connectivity index (χ0) is 27.8. The van der Waals surface area contributed by atoms with Gasteiger partial charge in [0.25, 0.3) is 11.8 Å². The molecule has 0 radical (unpaired) electrons. The maximum Gasteiger partial charge on any atom is 0.254 e. The van der Waals surface area contributed by atoms with E-state index in [1.807, 2.05) is 67.3 Å². The van der Waals surface area contributed by atoms with Crippen molar-refractivity contribution in [1.29, 1.82) is 0 Å². The second-order valence-electron chi connectivity index (χ2n) is 9.70. The maximum absolute atomic E-state index is 13.0. The van der Waals surface area contributed by atoms with Crippen LogP contribution in [0.1, 0.15) is 39.6 Å². The van der Waals surface area contributed by atoms with Crippen LogP contribution >= 0.6 is 0 Å². The fourth-order valence-electron chi connectivity index (χ4n) is 4.64. The van der Waals surface area contributed by atoms with Gasteiger partial charge in [-0.05, 0) is 67.9 Å². The van der Waals surface area contributed by atoms with Crippen molar-refractivity contribution >= 4 is 29.1 Å². The van der Waals surface area contributed by atoms with E-state index >= 15 is 0 Å². The summed E-state index contributed by atoms with van der Waals surface area (Å²) in [5.41, 5.74) is 4.05. The summed E-state index contributed by atoms with van der Waals surface area (Å²) in [4.78, 5) is 44.3. The zero-order valence-corrected chi connectivity index (χ0v) is 22.9. The predicted molar refractivity (Wildman–Crippen MR) is 154 cm³/mol. The lowest BCUT2D eigenvalue weighted by Gasteiger charge is -2.36. The van der Waals surface area contributed by atoms with Crippen LogP contribution in [0.4, 0.5) is 11.4 Å². The molecule has 1 N–H and O–H groups in total. The Balaban J connectivity index is 1.30. The number of nitrogens with zero attached hydrogens (tertiary/aromatic N) is 3. The van der Waals surface area contributed by atoms with E-state index in [0.29, 0.717) is 36.6 Å². The van der Waals surface area contributed by atoms with Crippen LogP contribution in [0, 0.1) is 6.92 Å². The number of hydrogen-bond donors (Lipinski definition) is 1. The van der Waals surface area contributed by atoms with Crippen LogP contribution in [0.15, 0.2) is 72.8 Å². The number of rotatable bonds is 9. The summed E-state index contributed by atoms with van der Waals surface area (Å²) in [5.74, 6) is 0.202. The van der Waals surface area contributed by atoms with Gasteiger partial charge in [-0.2, -0.15) is 0 Å². The molecule has 0 aliphatic carbocycles. The summed E-state index contributed by atoms with van der Waals surface area (Å²) in [6.07, 6.45) is 0.738. The number of aryl methyl sites for hydroxylation is 1. The van der Waals surface area contributed by atoms with Crippen molar-refractivity contribution in [2.24, 2.45) is 0 Å². The minimum absolute atomic E-state index is 0.0391. The van der Waals surface area contributed by atoms with Crippen LogP contribution in [0.25, 0.3) is 0 Å². The molecular weight excluding hydrogens is 492 g/mol. The lowest BCUT2D eigenvalue weighted by molar-refractivity contribution is -0.116. The highest BCUT2D eigenvalue weighted by Gasteiger charge is 2.23. The molecule has 0 saturated carbocycles. The van der Waals surface area contributed by atoms with Gasteiger partial charge in [0.2, 0.25) is 5.91 Å². The van der Waals surface area contributed by atoms with Crippen LogP contribution < -0.4 is 15.0 Å². The maximum atomic E-state index is 13.0. The monoisotopic (exact) mass is 528 g/mol. The third-order valence-electron chi connectivity index (χ3n) is 6.81. The highest BCUT2D eigenvalue weighted by atomic mass is 16.5. The first kappa shape index (κ1) is 27.7. The molecule has 3 aromatic rings. The number of ether oxygens (including phenoxy) is 1. The lowest BCUT2D eigenvalue weighted by atomic mass is 10.1. The number of hydrogen-bond acceptors (Lipinski definition) is 5. The third kappa shape index (κ3) is 7.16. The molecule has 1 aliphatic rings. The average Bonchev–Trinajstić information content (AvgIpc) is 2.97. The van der Waals surface area contributed by atoms with E-state index in [9.17, 15) is 14.4 Å². The molecule has 204 valence electrons. The number of piperazine rings is 1. The quantitative estimate of drug-likeness (QED) is 0.444. The Morgan fingerprint density at radius 3 is 2.23 bits per heavy atom. The molecule has 0 bridgehead atoms. The summed E-state index contributed by atoms with van der Waals surface area (Å²) in [7, 11) is 1.56. The van der Waals surface area contributed by atoms with Crippen LogP contribution in [-0.4, -0.2) is 73.9 Å². The number of nitrogens with one attached hydrogen (secondary N) is 1. The first-order valence-electron chi connectivity index (χ1n) is 13.3. The molecule has 1 fully saturated rings. The molecule has 3 amide bonds. The van der Waals surface area contributed by atoms with Crippen molar-refractivity contribution < 1.29 is 19.1 Å². The van der Waals surface area contributed by atoms with Gasteiger partial charge in [0, 0.05) is 55.2 Å². The van der Waals surface area contributed by atoms with Gasteiger partial charge in [-0.1, -0.05) is 30.7 Å². The second kappa shape index (κ2) is 13.0. The average molecular weight is 529 g/mol. The Bertz CT molecular complexity index is 1280. The van der Waals surface area contributed by atoms with Gasteiger partial charge < -0.3 is 24.8 Å². The number of carbonyl (C=O) groups excluding carboxylic acids is 3. The lowest BCUT2D eigenvalue weighted by Crippen LogP contribution is -2.48. The molecule has 1 heterocycles. The van der Waals surface area contributed by atoms with Gasteiger partial charge in [-0.15, -0.1) is 0 Å². The fourth-order valence-corrected chi connectivity index (χ4v) is 4.64. The standard InChI is InChI=1S/C31H36N4O4/c1-4-16-35(31(38)25-6-5-7-28(21-25)39-3)22-29(36)32-26-12-14-27(15-13-26)33-17-19-34(20-18-33)30(37)24-10-8-23(2)9-11-24/h5-15,21H,4,16-20,22H2,1-3H3,(H,32,36). The molecule has 0 aromatic heterocycles. The van der Waals surface area contributed by atoms with Gasteiger partial charge in [0.15, 0.2) is 0 Å². The highest BCUT2D eigenvalue weighted by molar-refractivity contribution is 5.99. The van der Waals surface area contributed by atoms with Crippen molar-refractivity contribution in [2.75, 3.05) is 56.6 Å². The van der Waals surface area contributed by atoms with Crippen molar-refractivity contribution in [2.45, 2.75) is 20.3 Å². The van der Waals surface area contributed by atoms with Crippen molar-refractivity contribution in [3.05, 3.63) is 89.5 Å². The van der Waals surface area contributed by atoms with Crippen LogP contribution in [0.3, 0.4) is 0 Å². The first-order chi connectivity index (χ1) is 18.9. The molecule has 8 heteroatoms. The summed E-state index contributed by atoms with van der Waals surface area (Å²) in [6.45, 7) is 7.20. The Morgan fingerprint density at radius 1 is 0.897 bits per heavy atom. The van der Waals surface area contributed by atoms with Crippen LogP contribution in [-0.2, 0) is 4.79 Å². The van der Waals surface area contributed by atoms with Gasteiger partial charge in [0.05, 0.1) is 7.11 Å². The number of anilines is 2. The number of carbonyl (C=O) groups is 3. The van der Waals surface area contributed by atoms with Crippen molar-refractivity contribution in [3.63, 3.8) is 0 Å². The molecule has 8 nitrogen and oxygen atoms in total. The number of amides is 3. The second-order valence-corrected chi connectivity index (χ2v) is 9.70. The molecule has 39 heavy (non-hydrogen) atoms. The van der Waals surface area contributed by atoms with Gasteiger partial charge in [0.1, 0.15) is 12.3 Å². The van der Waals surface area contributed by atoms with E-state index in [1.54, 1.807) is 36.3 Å². The molecule has 4 rings (SSSR count). The summed E-state index contributed by atoms with van der Waals surface area (Å²) < 4.78 is 5.22. The molecule has 3 aromatic carbocycles. The molecular formula is C31H36N4O4. The molecule has 0 spiro atoms. The van der Waals surface area contributed by atoms with E-state index in [2.05, 4.69) is 10.2 Å². The third-order valence-corrected chi connectivity index (χ3v) is 6.81. The van der Waals surface area contributed by atoms with Gasteiger partial charge in [-0.3, -0.25) is 14.4 Å². The first-order valence-corrected chi connectivity index (χ1v) is 13.3. The molecule has 1 aliphatic heterocycles.